The van der Waals surface area contributed by atoms with Gasteiger partial charge in [-0.1, -0.05) is 47.7 Å². The van der Waals surface area contributed by atoms with Crippen LogP contribution < -0.4 is 5.32 Å². The lowest BCUT2D eigenvalue weighted by Crippen LogP contribution is -2.52. The Kier molecular flexibility index (Phi) is 5.41. The lowest BCUT2D eigenvalue weighted by Gasteiger charge is -2.29. The van der Waals surface area contributed by atoms with Crippen LogP contribution in [0.25, 0.3) is 11.3 Å². The second-order valence-corrected chi connectivity index (χ2v) is 9.48. The zero-order valence-corrected chi connectivity index (χ0v) is 19.3. The molecule has 2 unspecified atom stereocenters. The first kappa shape index (κ1) is 21.7. The lowest BCUT2D eigenvalue weighted by molar-refractivity contribution is -0.136. The summed E-state index contributed by atoms with van der Waals surface area (Å²) < 4.78 is 1.94. The summed E-state index contributed by atoms with van der Waals surface area (Å²) >= 11 is 0. The summed E-state index contributed by atoms with van der Waals surface area (Å²) in [5.41, 5.74) is 4.32. The van der Waals surface area contributed by atoms with Crippen molar-refractivity contribution in [3.63, 3.8) is 0 Å². The molecule has 3 amide bonds. The summed E-state index contributed by atoms with van der Waals surface area (Å²) in [5.74, 6) is -0.880. The molecule has 178 valence electrons. The van der Waals surface area contributed by atoms with Gasteiger partial charge in [0, 0.05) is 43.7 Å². The first-order valence-corrected chi connectivity index (χ1v) is 12.0. The Labute approximate surface area is 202 Å². The minimum atomic E-state index is -0.634. The zero-order valence-electron chi connectivity index (χ0n) is 19.3. The van der Waals surface area contributed by atoms with Gasteiger partial charge in [-0.15, -0.1) is 5.10 Å². The molecule has 2 aromatic carbocycles. The van der Waals surface area contributed by atoms with Gasteiger partial charge in [0.15, 0.2) is 0 Å². The monoisotopic (exact) mass is 470 g/mol. The van der Waals surface area contributed by atoms with E-state index in [0.29, 0.717) is 18.5 Å². The van der Waals surface area contributed by atoms with Crippen LogP contribution in [0.1, 0.15) is 46.8 Å². The van der Waals surface area contributed by atoms with E-state index in [1.807, 2.05) is 29.1 Å². The molecule has 0 bridgehead atoms. The second kappa shape index (κ2) is 8.74. The Morgan fingerprint density at radius 1 is 0.971 bits per heavy atom. The Hall–Kier alpha value is -3.85. The highest BCUT2D eigenvalue weighted by atomic mass is 16.2. The molecule has 3 aliphatic heterocycles. The summed E-state index contributed by atoms with van der Waals surface area (Å²) in [7, 11) is 0. The first-order chi connectivity index (χ1) is 17.1. The van der Waals surface area contributed by atoms with Crippen molar-refractivity contribution in [2.45, 2.75) is 44.4 Å². The predicted octanol–water partition coefficient (Wildman–Crippen LogP) is 2.15. The Morgan fingerprint density at radius 3 is 2.63 bits per heavy atom. The standard InChI is InChI=1S/C26H26N6O3/c33-24-10-9-23(25(34)27-24)31-15-21-19(7-4-8-20(21)26(31)35)22-16-32(29-28-22)18-11-12-30(14-18)13-17-5-2-1-3-6-17/h1-8,16,18,23H,9-15H2,(H,27,33,34). The molecule has 3 aliphatic rings. The van der Waals surface area contributed by atoms with Gasteiger partial charge in [0.2, 0.25) is 11.8 Å². The molecule has 2 atom stereocenters. The fourth-order valence-corrected chi connectivity index (χ4v) is 5.42. The molecule has 6 rings (SSSR count). The Bertz CT molecular complexity index is 1300. The molecule has 9 nitrogen and oxygen atoms in total. The number of amides is 3. The van der Waals surface area contributed by atoms with Crippen LogP contribution in [0.2, 0.25) is 0 Å². The van der Waals surface area contributed by atoms with Gasteiger partial charge in [-0.2, -0.15) is 0 Å². The van der Waals surface area contributed by atoms with Crippen LogP contribution in [-0.2, 0) is 22.7 Å². The fraction of sp³-hybridized carbons (Fsp3) is 0.346. The number of nitrogens with zero attached hydrogens (tertiary/aromatic N) is 5. The molecule has 2 saturated heterocycles. The van der Waals surface area contributed by atoms with Crippen molar-refractivity contribution in [3.05, 3.63) is 71.4 Å². The van der Waals surface area contributed by atoms with Crippen LogP contribution >= 0.6 is 0 Å². The summed E-state index contributed by atoms with van der Waals surface area (Å²) in [6, 6.07) is 15.7. The summed E-state index contributed by atoms with van der Waals surface area (Å²) in [6.07, 6.45) is 3.55. The summed E-state index contributed by atoms with van der Waals surface area (Å²) in [5, 5.41) is 11.2. The average Bonchev–Trinajstić information content (AvgIpc) is 3.59. The third-order valence-electron chi connectivity index (χ3n) is 7.24. The zero-order chi connectivity index (χ0) is 23.9. The van der Waals surface area contributed by atoms with Gasteiger partial charge in [-0.25, -0.2) is 4.68 Å². The summed E-state index contributed by atoms with van der Waals surface area (Å²) in [4.78, 5) is 41.0. The van der Waals surface area contributed by atoms with Crippen molar-refractivity contribution < 1.29 is 14.4 Å². The third-order valence-corrected chi connectivity index (χ3v) is 7.24. The number of imide groups is 1. The van der Waals surface area contributed by atoms with Crippen LogP contribution in [0.4, 0.5) is 0 Å². The van der Waals surface area contributed by atoms with E-state index < -0.39 is 11.9 Å². The molecule has 0 aliphatic carbocycles. The van der Waals surface area contributed by atoms with Crippen LogP contribution in [0, 0.1) is 0 Å². The highest BCUT2D eigenvalue weighted by molar-refractivity contribution is 6.06. The second-order valence-electron chi connectivity index (χ2n) is 9.48. The maximum Gasteiger partial charge on any atom is 0.255 e. The fourth-order valence-electron chi connectivity index (χ4n) is 5.42. The maximum absolute atomic E-state index is 13.1. The minimum Gasteiger partial charge on any atom is -0.322 e. The van der Waals surface area contributed by atoms with Crippen molar-refractivity contribution >= 4 is 17.7 Å². The van der Waals surface area contributed by atoms with Gasteiger partial charge in [0.05, 0.1) is 12.2 Å². The number of carbonyl (C=O) groups is 3. The SMILES string of the molecule is O=C1CCC(N2Cc3c(cccc3-c3cn(C4CCN(Cc5ccccc5)C4)nn3)C2=O)C(=O)N1. The summed E-state index contributed by atoms with van der Waals surface area (Å²) in [6.45, 7) is 3.15. The van der Waals surface area contributed by atoms with Crippen LogP contribution in [-0.4, -0.2) is 61.6 Å². The number of aromatic nitrogens is 3. The van der Waals surface area contributed by atoms with Crippen molar-refractivity contribution in [1.29, 1.82) is 0 Å². The third kappa shape index (κ3) is 4.01. The molecule has 35 heavy (non-hydrogen) atoms. The van der Waals surface area contributed by atoms with Crippen molar-refractivity contribution in [1.82, 2.24) is 30.1 Å². The normalized spacial score (nSPS) is 22.5. The minimum absolute atomic E-state index is 0.184. The van der Waals surface area contributed by atoms with Gasteiger partial charge in [-0.05, 0) is 30.0 Å². The van der Waals surface area contributed by atoms with E-state index in [4.69, 9.17) is 0 Å². The maximum atomic E-state index is 13.1. The van der Waals surface area contributed by atoms with Gasteiger partial charge < -0.3 is 4.90 Å². The molecule has 0 spiro atoms. The number of hydrogen-bond donors (Lipinski definition) is 1. The number of carbonyl (C=O) groups excluding carboxylic acids is 3. The molecule has 1 aromatic heterocycles. The van der Waals surface area contributed by atoms with Gasteiger partial charge in [0.25, 0.3) is 5.91 Å². The lowest BCUT2D eigenvalue weighted by atomic mass is 10.0. The van der Waals surface area contributed by atoms with E-state index in [2.05, 4.69) is 44.8 Å². The molecule has 1 N–H and O–H groups in total. The molecular weight excluding hydrogens is 444 g/mol. The molecule has 2 fully saturated rings. The molecule has 9 heteroatoms. The largest absolute Gasteiger partial charge is 0.322 e. The quantitative estimate of drug-likeness (QED) is 0.574. The van der Waals surface area contributed by atoms with Gasteiger partial charge in [0.1, 0.15) is 11.7 Å². The van der Waals surface area contributed by atoms with Crippen molar-refractivity contribution in [2.24, 2.45) is 0 Å². The Morgan fingerprint density at radius 2 is 1.80 bits per heavy atom. The number of fused-ring (bicyclic) bond motifs is 1. The first-order valence-electron chi connectivity index (χ1n) is 12.0. The highest BCUT2D eigenvalue weighted by Crippen LogP contribution is 2.34. The Balaban J connectivity index is 1.19. The molecule has 3 aromatic rings. The highest BCUT2D eigenvalue weighted by Gasteiger charge is 2.40. The van der Waals surface area contributed by atoms with Crippen LogP contribution in [0.5, 0.6) is 0 Å². The number of benzene rings is 2. The molecule has 4 heterocycles. The number of nitrogens with one attached hydrogen (secondary N) is 1. The number of rotatable bonds is 5. The van der Waals surface area contributed by atoms with E-state index in [0.717, 1.165) is 42.9 Å². The smallest absolute Gasteiger partial charge is 0.255 e. The van der Waals surface area contributed by atoms with Crippen molar-refractivity contribution in [3.8, 4) is 11.3 Å². The molecule has 0 radical (unpaired) electrons. The van der Waals surface area contributed by atoms with Crippen LogP contribution in [0.15, 0.2) is 54.7 Å². The van der Waals surface area contributed by atoms with E-state index in [9.17, 15) is 14.4 Å². The number of likely N-dealkylation sites (tertiary alicyclic amines) is 1. The number of piperidine rings is 1. The average molecular weight is 471 g/mol. The van der Waals surface area contributed by atoms with E-state index in [1.54, 1.807) is 11.0 Å². The van der Waals surface area contributed by atoms with Crippen molar-refractivity contribution in [2.75, 3.05) is 13.1 Å². The van der Waals surface area contributed by atoms with E-state index in [1.165, 1.54) is 5.56 Å². The van der Waals surface area contributed by atoms with Gasteiger partial charge >= 0.3 is 0 Å². The van der Waals surface area contributed by atoms with Crippen LogP contribution in [0.3, 0.4) is 0 Å². The molecular formula is C26H26N6O3. The number of hydrogen-bond acceptors (Lipinski definition) is 6. The van der Waals surface area contributed by atoms with E-state index >= 15 is 0 Å². The molecule has 0 saturated carbocycles. The predicted molar refractivity (Wildman–Crippen MR) is 127 cm³/mol. The topological polar surface area (TPSA) is 100 Å². The van der Waals surface area contributed by atoms with Gasteiger partial charge in [-0.3, -0.25) is 24.6 Å². The van der Waals surface area contributed by atoms with E-state index in [-0.39, 0.29) is 24.3 Å².